The molecule has 0 bridgehead atoms. The van der Waals surface area contributed by atoms with Gasteiger partial charge in [-0.3, -0.25) is 9.59 Å². The number of hydrogen-bond acceptors (Lipinski definition) is 4. The van der Waals surface area contributed by atoms with Crippen LogP contribution in [0, 0.1) is 0 Å². The van der Waals surface area contributed by atoms with E-state index < -0.39 is 12.1 Å². The summed E-state index contributed by atoms with van der Waals surface area (Å²) in [7, 11) is 1.24. The second kappa shape index (κ2) is 8.41. The lowest BCUT2D eigenvalue weighted by atomic mass is 10.0. The summed E-state index contributed by atoms with van der Waals surface area (Å²) in [4.78, 5) is 21.9. The molecule has 1 N–H and O–H groups in total. The predicted octanol–water partition coefficient (Wildman–Crippen LogP) is 1.45. The van der Waals surface area contributed by atoms with Crippen LogP contribution in [0.5, 0.6) is 0 Å². The van der Waals surface area contributed by atoms with Gasteiger partial charge in [-0.2, -0.15) is 0 Å². The van der Waals surface area contributed by atoms with Gasteiger partial charge in [0.2, 0.25) is 0 Å². The van der Waals surface area contributed by atoms with Crippen molar-refractivity contribution in [3.05, 3.63) is 0 Å². The molecule has 0 unspecified atom stereocenters. The average Bonchev–Trinajstić information content (AvgIpc) is 2.17. The number of Topliss-reactive ketones (excluding diaryl/α,β-unsaturated/α-hetero) is 1. The molecule has 4 heteroatoms. The van der Waals surface area contributed by atoms with E-state index in [-0.39, 0.29) is 18.6 Å². The summed E-state index contributed by atoms with van der Waals surface area (Å²) < 4.78 is 4.36. The molecule has 0 saturated heterocycles. The van der Waals surface area contributed by atoms with Gasteiger partial charge in [0.1, 0.15) is 12.2 Å². The first-order valence-corrected chi connectivity index (χ1v) is 5.36. The van der Waals surface area contributed by atoms with E-state index in [0.29, 0.717) is 6.42 Å². The molecule has 1 atom stereocenters. The van der Waals surface area contributed by atoms with E-state index in [1.54, 1.807) is 0 Å². The van der Waals surface area contributed by atoms with Crippen molar-refractivity contribution >= 4 is 11.8 Å². The van der Waals surface area contributed by atoms with Crippen LogP contribution in [0.2, 0.25) is 0 Å². The normalized spacial score (nSPS) is 12.2. The number of methoxy groups -OCH3 is 1. The minimum absolute atomic E-state index is 0.0544. The predicted molar refractivity (Wildman–Crippen MR) is 56.4 cm³/mol. The van der Waals surface area contributed by atoms with Gasteiger partial charge in [-0.15, -0.1) is 0 Å². The molecule has 0 spiro atoms. The topological polar surface area (TPSA) is 63.6 Å². The molecule has 0 heterocycles. The summed E-state index contributed by atoms with van der Waals surface area (Å²) in [6.45, 7) is 2.08. The third-order valence-electron chi connectivity index (χ3n) is 2.17. The number of hydrogen-bond donors (Lipinski definition) is 1. The molecule has 0 saturated carbocycles. The van der Waals surface area contributed by atoms with Crippen LogP contribution in [0.15, 0.2) is 0 Å². The Balaban J connectivity index is 3.62. The second-order valence-corrected chi connectivity index (χ2v) is 3.65. The first-order chi connectivity index (χ1) is 7.10. The van der Waals surface area contributed by atoms with Gasteiger partial charge in [0, 0.05) is 6.42 Å². The van der Waals surface area contributed by atoms with Crippen molar-refractivity contribution in [2.24, 2.45) is 0 Å². The van der Waals surface area contributed by atoms with Crippen LogP contribution in [-0.2, 0) is 14.3 Å². The summed E-state index contributed by atoms with van der Waals surface area (Å²) in [5, 5.41) is 9.46. The van der Waals surface area contributed by atoms with Crippen LogP contribution >= 0.6 is 0 Å². The molecule has 0 fully saturated rings. The number of carbonyl (C=O) groups is 2. The molecule has 0 aromatic carbocycles. The summed E-state index contributed by atoms with van der Waals surface area (Å²) >= 11 is 0. The zero-order valence-corrected chi connectivity index (χ0v) is 9.49. The fourth-order valence-electron chi connectivity index (χ4n) is 1.30. The van der Waals surface area contributed by atoms with Crippen LogP contribution in [0.3, 0.4) is 0 Å². The molecule has 0 aliphatic carbocycles. The number of ether oxygens (including phenoxy) is 1. The maximum absolute atomic E-state index is 11.2. The van der Waals surface area contributed by atoms with Crippen LogP contribution in [0.25, 0.3) is 0 Å². The molecule has 0 amide bonds. The molecule has 0 aromatic rings. The number of rotatable bonds is 8. The molecule has 0 aliphatic rings. The Hall–Kier alpha value is -0.900. The smallest absolute Gasteiger partial charge is 0.313 e. The van der Waals surface area contributed by atoms with Gasteiger partial charge in [-0.1, -0.05) is 26.2 Å². The van der Waals surface area contributed by atoms with Gasteiger partial charge in [-0.05, 0) is 6.42 Å². The van der Waals surface area contributed by atoms with Crippen molar-refractivity contribution in [3.63, 3.8) is 0 Å². The van der Waals surface area contributed by atoms with Gasteiger partial charge in [0.05, 0.1) is 13.2 Å². The zero-order valence-electron chi connectivity index (χ0n) is 9.49. The van der Waals surface area contributed by atoms with E-state index in [9.17, 15) is 14.7 Å². The Morgan fingerprint density at radius 2 is 2.00 bits per heavy atom. The summed E-state index contributed by atoms with van der Waals surface area (Å²) in [6, 6.07) is 0. The summed E-state index contributed by atoms with van der Waals surface area (Å²) in [5.41, 5.74) is 0. The standard InChI is InChI=1S/C11H20O4/c1-3-4-5-6-9(12)7-10(13)8-11(14)15-2/h9,12H,3-8H2,1-2H3/t9-/m0/s1. The number of carbonyl (C=O) groups excluding carboxylic acids is 2. The van der Waals surface area contributed by atoms with E-state index >= 15 is 0 Å². The molecule has 88 valence electrons. The fraction of sp³-hybridized carbons (Fsp3) is 0.818. The Kier molecular flexibility index (Phi) is 7.91. The van der Waals surface area contributed by atoms with Crippen molar-refractivity contribution < 1.29 is 19.4 Å². The minimum Gasteiger partial charge on any atom is -0.469 e. The highest BCUT2D eigenvalue weighted by molar-refractivity contribution is 5.95. The van der Waals surface area contributed by atoms with E-state index in [4.69, 9.17) is 0 Å². The molecule has 15 heavy (non-hydrogen) atoms. The summed E-state index contributed by atoms with van der Waals surface area (Å²) in [5.74, 6) is -0.799. The van der Waals surface area contributed by atoms with Gasteiger partial charge in [0.25, 0.3) is 0 Å². The SMILES string of the molecule is CCCCC[C@H](O)CC(=O)CC(=O)OC. The Bertz CT molecular complexity index is 201. The lowest BCUT2D eigenvalue weighted by Crippen LogP contribution is -2.16. The highest BCUT2D eigenvalue weighted by atomic mass is 16.5. The van der Waals surface area contributed by atoms with Gasteiger partial charge < -0.3 is 9.84 Å². The van der Waals surface area contributed by atoms with Crippen molar-refractivity contribution in [1.29, 1.82) is 0 Å². The number of aliphatic hydroxyl groups is 1. The Morgan fingerprint density at radius 3 is 2.53 bits per heavy atom. The van der Waals surface area contributed by atoms with Gasteiger partial charge >= 0.3 is 5.97 Å². The minimum atomic E-state index is -0.617. The fourth-order valence-corrected chi connectivity index (χ4v) is 1.30. The highest BCUT2D eigenvalue weighted by Crippen LogP contribution is 2.07. The van der Waals surface area contributed by atoms with Gasteiger partial charge in [-0.25, -0.2) is 0 Å². The maximum Gasteiger partial charge on any atom is 0.313 e. The Morgan fingerprint density at radius 1 is 1.33 bits per heavy atom. The van der Waals surface area contributed by atoms with Crippen LogP contribution in [0.1, 0.15) is 45.4 Å². The summed E-state index contributed by atoms with van der Waals surface area (Å²) in [6.07, 6.45) is 2.89. The molecule has 0 aliphatic heterocycles. The van der Waals surface area contributed by atoms with Crippen LogP contribution in [0.4, 0.5) is 0 Å². The number of aliphatic hydroxyl groups excluding tert-OH is 1. The first kappa shape index (κ1) is 14.1. The maximum atomic E-state index is 11.2. The van der Waals surface area contributed by atoms with E-state index in [2.05, 4.69) is 11.7 Å². The molecule has 0 rings (SSSR count). The van der Waals surface area contributed by atoms with Gasteiger partial charge in [0.15, 0.2) is 0 Å². The molecular formula is C11H20O4. The number of unbranched alkanes of at least 4 members (excludes halogenated alkanes) is 2. The van der Waals surface area contributed by atoms with Crippen LogP contribution in [-0.4, -0.2) is 30.1 Å². The lowest BCUT2D eigenvalue weighted by molar-refractivity contribution is -0.143. The van der Waals surface area contributed by atoms with Crippen molar-refractivity contribution in [2.75, 3.05) is 7.11 Å². The first-order valence-electron chi connectivity index (χ1n) is 5.36. The average molecular weight is 216 g/mol. The molecule has 0 aromatic heterocycles. The quantitative estimate of drug-likeness (QED) is 0.379. The molecular weight excluding hydrogens is 196 g/mol. The zero-order chi connectivity index (χ0) is 11.7. The highest BCUT2D eigenvalue weighted by Gasteiger charge is 2.14. The number of esters is 1. The van der Waals surface area contributed by atoms with E-state index in [1.807, 2.05) is 0 Å². The lowest BCUT2D eigenvalue weighted by Gasteiger charge is -2.08. The molecule has 4 nitrogen and oxygen atoms in total. The van der Waals surface area contributed by atoms with E-state index in [0.717, 1.165) is 19.3 Å². The molecule has 0 radical (unpaired) electrons. The Labute approximate surface area is 90.6 Å². The monoisotopic (exact) mass is 216 g/mol. The van der Waals surface area contributed by atoms with E-state index in [1.165, 1.54) is 7.11 Å². The largest absolute Gasteiger partial charge is 0.469 e. The van der Waals surface area contributed by atoms with Crippen LogP contribution < -0.4 is 0 Å². The number of ketones is 1. The van der Waals surface area contributed by atoms with Crippen molar-refractivity contribution in [3.8, 4) is 0 Å². The third kappa shape index (κ3) is 8.12. The third-order valence-corrected chi connectivity index (χ3v) is 2.17. The van der Waals surface area contributed by atoms with Crippen molar-refractivity contribution in [1.82, 2.24) is 0 Å². The van der Waals surface area contributed by atoms with Crippen molar-refractivity contribution in [2.45, 2.75) is 51.6 Å². The second-order valence-electron chi connectivity index (χ2n) is 3.65.